The number of ketones is 1. The molecule has 0 aromatic heterocycles. The largest absolute Gasteiger partial charge is 0.506 e. The molecule has 1 amide bonds. The molecular weight excluding hydrogens is 270 g/mol. The zero-order valence-corrected chi connectivity index (χ0v) is 12.6. The monoisotopic (exact) mass is 289 g/mol. The first-order valence-electron chi connectivity index (χ1n) is 6.83. The minimum absolute atomic E-state index is 0.0994. The molecule has 1 aliphatic rings. The molecule has 1 atom stereocenters. The highest BCUT2D eigenvalue weighted by Gasteiger charge is 2.43. The number of amides is 1. The van der Waals surface area contributed by atoms with Gasteiger partial charge in [-0.25, -0.2) is 0 Å². The molecule has 5 nitrogen and oxygen atoms in total. The highest BCUT2D eigenvalue weighted by atomic mass is 16.5. The van der Waals surface area contributed by atoms with Gasteiger partial charge in [0.25, 0.3) is 5.91 Å². The number of benzene rings is 1. The fraction of sp³-hybridized carbons (Fsp3) is 0.375. The van der Waals surface area contributed by atoms with Crippen LogP contribution in [0.2, 0.25) is 0 Å². The number of nitrogens with zero attached hydrogens (tertiary/aromatic N) is 1. The maximum Gasteiger partial charge on any atom is 0.262 e. The second-order valence-corrected chi connectivity index (χ2v) is 5.30. The predicted molar refractivity (Wildman–Crippen MR) is 79.0 cm³/mol. The van der Waals surface area contributed by atoms with Crippen molar-refractivity contribution in [2.24, 2.45) is 0 Å². The minimum Gasteiger partial charge on any atom is -0.506 e. The highest BCUT2D eigenvalue weighted by Crippen LogP contribution is 2.29. The molecule has 1 fully saturated rings. The molecule has 2 rings (SSSR count). The van der Waals surface area contributed by atoms with Crippen molar-refractivity contribution >= 4 is 17.4 Å². The number of aliphatic hydroxyl groups excluding tert-OH is 1. The van der Waals surface area contributed by atoms with Gasteiger partial charge in [-0.15, -0.1) is 0 Å². The summed E-state index contributed by atoms with van der Waals surface area (Å²) in [4.78, 5) is 26.1. The summed E-state index contributed by atoms with van der Waals surface area (Å²) in [5.41, 5.74) is 0.284. The molecule has 0 aliphatic carbocycles. The summed E-state index contributed by atoms with van der Waals surface area (Å²) in [6.45, 7) is 5.36. The molecule has 1 aliphatic heterocycles. The molecule has 112 valence electrons. The first-order valence-corrected chi connectivity index (χ1v) is 6.83. The molecule has 0 radical (unpaired) electrons. The number of hydrogen-bond acceptors (Lipinski definition) is 4. The van der Waals surface area contributed by atoms with Crippen molar-refractivity contribution in [1.82, 2.24) is 4.90 Å². The summed E-state index contributed by atoms with van der Waals surface area (Å²) < 4.78 is 5.04. The van der Waals surface area contributed by atoms with Gasteiger partial charge in [-0.2, -0.15) is 0 Å². The van der Waals surface area contributed by atoms with E-state index < -0.39 is 11.9 Å². The topological polar surface area (TPSA) is 66.8 Å². The van der Waals surface area contributed by atoms with E-state index in [9.17, 15) is 14.7 Å². The van der Waals surface area contributed by atoms with Crippen LogP contribution in [-0.2, 0) is 9.59 Å². The Morgan fingerprint density at radius 1 is 1.24 bits per heavy atom. The number of likely N-dealkylation sites (tertiary alicyclic amines) is 1. The summed E-state index contributed by atoms with van der Waals surface area (Å²) in [5, 5.41) is 10.3. The molecule has 0 bridgehead atoms. The second kappa shape index (κ2) is 5.60. The van der Waals surface area contributed by atoms with Gasteiger partial charge in [-0.3, -0.25) is 9.59 Å². The molecular formula is C16H19NO4. The van der Waals surface area contributed by atoms with Gasteiger partial charge in [0.05, 0.1) is 13.2 Å². The maximum absolute atomic E-state index is 12.4. The molecule has 21 heavy (non-hydrogen) atoms. The first-order chi connectivity index (χ1) is 9.88. The smallest absolute Gasteiger partial charge is 0.262 e. The molecule has 1 heterocycles. The zero-order valence-electron chi connectivity index (χ0n) is 12.6. The standard InChI is InChI=1S/C16H19NO4/c1-9(2)17-10(3)14(18)13(16(17)20)15(19)11-5-7-12(21-4)8-6-11/h5-10,19H,1-4H3/b15-13-. The Kier molecular flexibility index (Phi) is 4.02. The van der Waals surface area contributed by atoms with Crippen LogP contribution in [0.5, 0.6) is 5.75 Å². The lowest BCUT2D eigenvalue weighted by Crippen LogP contribution is -2.38. The summed E-state index contributed by atoms with van der Waals surface area (Å²) in [6.07, 6.45) is 0. The van der Waals surface area contributed by atoms with E-state index >= 15 is 0 Å². The Morgan fingerprint density at radius 2 is 1.81 bits per heavy atom. The van der Waals surface area contributed by atoms with Gasteiger partial charge in [0.1, 0.15) is 17.1 Å². The Labute approximate surface area is 123 Å². The third-order valence-corrected chi connectivity index (χ3v) is 3.65. The lowest BCUT2D eigenvalue weighted by molar-refractivity contribution is -0.128. The van der Waals surface area contributed by atoms with Crippen LogP contribution in [-0.4, -0.2) is 40.9 Å². The Bertz CT molecular complexity index is 601. The van der Waals surface area contributed by atoms with E-state index in [1.54, 1.807) is 38.3 Å². The lowest BCUT2D eigenvalue weighted by atomic mass is 10.0. The summed E-state index contributed by atoms with van der Waals surface area (Å²) in [5.74, 6) is -0.404. The van der Waals surface area contributed by atoms with E-state index in [4.69, 9.17) is 4.74 Å². The average molecular weight is 289 g/mol. The van der Waals surface area contributed by atoms with E-state index in [2.05, 4.69) is 0 Å². The Morgan fingerprint density at radius 3 is 2.24 bits per heavy atom. The number of ether oxygens (including phenoxy) is 1. The van der Waals surface area contributed by atoms with Crippen LogP contribution in [0.1, 0.15) is 26.3 Å². The van der Waals surface area contributed by atoms with Gasteiger partial charge < -0.3 is 14.7 Å². The van der Waals surface area contributed by atoms with Gasteiger partial charge in [0.2, 0.25) is 0 Å². The minimum atomic E-state index is -0.548. The number of carbonyl (C=O) groups excluding carboxylic acids is 2. The Balaban J connectivity index is 2.46. The predicted octanol–water partition coefficient (Wildman–Crippen LogP) is 2.17. The van der Waals surface area contributed by atoms with Crippen molar-refractivity contribution in [2.45, 2.75) is 32.9 Å². The van der Waals surface area contributed by atoms with E-state index in [1.807, 2.05) is 13.8 Å². The molecule has 1 saturated heterocycles. The van der Waals surface area contributed by atoms with Gasteiger partial charge in [-0.1, -0.05) is 0 Å². The Hall–Kier alpha value is -2.30. The number of hydrogen-bond donors (Lipinski definition) is 1. The van der Waals surface area contributed by atoms with E-state index in [1.165, 1.54) is 4.90 Å². The van der Waals surface area contributed by atoms with Crippen molar-refractivity contribution in [3.8, 4) is 5.75 Å². The lowest BCUT2D eigenvalue weighted by Gasteiger charge is -2.23. The molecule has 1 unspecified atom stereocenters. The van der Waals surface area contributed by atoms with Crippen LogP contribution in [0.4, 0.5) is 0 Å². The maximum atomic E-state index is 12.4. The number of rotatable bonds is 3. The van der Waals surface area contributed by atoms with Crippen molar-refractivity contribution in [3.63, 3.8) is 0 Å². The molecule has 1 aromatic carbocycles. The molecule has 0 saturated carbocycles. The number of Topliss-reactive ketones (excluding diaryl/α,β-unsaturated/α-hetero) is 1. The van der Waals surface area contributed by atoms with Gasteiger partial charge in [0, 0.05) is 11.6 Å². The van der Waals surface area contributed by atoms with Crippen molar-refractivity contribution in [3.05, 3.63) is 35.4 Å². The van der Waals surface area contributed by atoms with E-state index in [-0.39, 0.29) is 23.2 Å². The zero-order chi connectivity index (χ0) is 15.7. The third kappa shape index (κ3) is 2.51. The fourth-order valence-corrected chi connectivity index (χ4v) is 2.54. The van der Waals surface area contributed by atoms with Crippen LogP contribution in [0, 0.1) is 0 Å². The van der Waals surface area contributed by atoms with Gasteiger partial charge >= 0.3 is 0 Å². The second-order valence-electron chi connectivity index (χ2n) is 5.30. The number of methoxy groups -OCH3 is 1. The van der Waals surface area contributed by atoms with Crippen molar-refractivity contribution in [1.29, 1.82) is 0 Å². The van der Waals surface area contributed by atoms with Crippen LogP contribution in [0.25, 0.3) is 5.76 Å². The fourth-order valence-electron chi connectivity index (χ4n) is 2.54. The van der Waals surface area contributed by atoms with Gasteiger partial charge in [-0.05, 0) is 45.0 Å². The van der Waals surface area contributed by atoms with Crippen LogP contribution in [0.15, 0.2) is 29.8 Å². The number of aliphatic hydroxyl groups is 1. The van der Waals surface area contributed by atoms with Crippen LogP contribution < -0.4 is 4.74 Å². The van der Waals surface area contributed by atoms with Crippen molar-refractivity contribution in [2.75, 3.05) is 7.11 Å². The van der Waals surface area contributed by atoms with Gasteiger partial charge in [0.15, 0.2) is 5.78 Å². The van der Waals surface area contributed by atoms with Crippen molar-refractivity contribution < 1.29 is 19.4 Å². The molecule has 0 spiro atoms. The van der Waals surface area contributed by atoms with E-state index in [0.717, 1.165) is 0 Å². The quantitative estimate of drug-likeness (QED) is 0.526. The van der Waals surface area contributed by atoms with Crippen LogP contribution in [0.3, 0.4) is 0 Å². The van der Waals surface area contributed by atoms with Crippen LogP contribution >= 0.6 is 0 Å². The third-order valence-electron chi connectivity index (χ3n) is 3.65. The molecule has 5 heteroatoms. The molecule has 1 N–H and O–H groups in total. The van der Waals surface area contributed by atoms with E-state index in [0.29, 0.717) is 11.3 Å². The summed E-state index contributed by atoms with van der Waals surface area (Å²) in [7, 11) is 1.54. The highest BCUT2D eigenvalue weighted by molar-refractivity contribution is 6.30. The summed E-state index contributed by atoms with van der Waals surface area (Å²) >= 11 is 0. The first kappa shape index (κ1) is 15.1. The normalized spacial score (nSPS) is 21.2. The summed E-state index contributed by atoms with van der Waals surface area (Å²) in [6, 6.07) is 5.92. The SMILES string of the molecule is COc1ccc(/C(O)=C2\C(=O)C(C)N(C(C)C)C2=O)cc1. The average Bonchev–Trinajstić information content (AvgIpc) is 2.68. The number of carbonyl (C=O) groups is 2. The molecule has 1 aromatic rings.